The fraction of sp³-hybridized carbons (Fsp3) is 1.00. The van der Waals surface area contributed by atoms with Gasteiger partial charge in [0.05, 0.1) is 5.60 Å². The second-order valence-corrected chi connectivity index (χ2v) is 5.89. The highest BCUT2D eigenvalue weighted by Gasteiger charge is 2.62. The molecule has 1 saturated carbocycles. The first-order chi connectivity index (χ1) is 9.59. The molecule has 3 nitrogen and oxygen atoms in total. The monoisotopic (exact) mass is 320 g/mol. The van der Waals surface area contributed by atoms with Crippen molar-refractivity contribution in [3.63, 3.8) is 0 Å². The average molecular weight is 320 g/mol. The minimum atomic E-state index is -5.39. The van der Waals surface area contributed by atoms with Gasteiger partial charge in [-0.25, -0.2) is 0 Å². The number of nitrogens with one attached hydrogen (secondary N) is 1. The zero-order chi connectivity index (χ0) is 15.9. The number of hydrazine groups is 1. The maximum Gasteiger partial charge on any atom is 0.402 e. The molecule has 2 fully saturated rings. The van der Waals surface area contributed by atoms with Crippen LogP contribution < -0.4 is 11.3 Å². The van der Waals surface area contributed by atoms with Crippen LogP contribution in [0.4, 0.5) is 26.3 Å². The van der Waals surface area contributed by atoms with Crippen molar-refractivity contribution in [3.05, 3.63) is 0 Å². The van der Waals surface area contributed by atoms with Crippen LogP contribution in [0.15, 0.2) is 0 Å². The largest absolute Gasteiger partial charge is 0.402 e. The highest BCUT2D eigenvalue weighted by atomic mass is 19.4. The van der Waals surface area contributed by atoms with E-state index in [4.69, 9.17) is 10.6 Å². The lowest BCUT2D eigenvalue weighted by atomic mass is 9.69. The summed E-state index contributed by atoms with van der Waals surface area (Å²) >= 11 is 0. The molecular formula is C12H18F6N2O. The van der Waals surface area contributed by atoms with E-state index in [-0.39, 0.29) is 19.4 Å². The topological polar surface area (TPSA) is 47.3 Å². The standard InChI is InChI=1S/C12H18F6N2O/c13-11(14,15)9(12(16,17)18)8(20-19)7-2-5-21-10(6-7)3-1-4-10/h7-9,20H,1-6,19H2. The Morgan fingerprint density at radius 3 is 2.05 bits per heavy atom. The summed E-state index contributed by atoms with van der Waals surface area (Å²) < 4.78 is 82.6. The van der Waals surface area contributed by atoms with Crippen molar-refractivity contribution < 1.29 is 31.1 Å². The van der Waals surface area contributed by atoms with Crippen LogP contribution in [0, 0.1) is 11.8 Å². The van der Waals surface area contributed by atoms with Crippen LogP contribution in [0.5, 0.6) is 0 Å². The minimum Gasteiger partial charge on any atom is -0.375 e. The summed E-state index contributed by atoms with van der Waals surface area (Å²) in [5.74, 6) is 0.784. The van der Waals surface area contributed by atoms with E-state index in [9.17, 15) is 26.3 Å². The molecule has 2 aliphatic rings. The van der Waals surface area contributed by atoms with Gasteiger partial charge in [-0.05, 0) is 38.0 Å². The van der Waals surface area contributed by atoms with Gasteiger partial charge in [0.15, 0.2) is 5.92 Å². The van der Waals surface area contributed by atoms with E-state index >= 15 is 0 Å². The lowest BCUT2D eigenvalue weighted by Crippen LogP contribution is -2.59. The Bertz CT molecular complexity index is 352. The fourth-order valence-corrected chi connectivity index (χ4v) is 3.39. The number of halogens is 6. The maximum atomic E-state index is 12.8. The third-order valence-electron chi connectivity index (χ3n) is 4.56. The zero-order valence-electron chi connectivity index (χ0n) is 11.2. The lowest BCUT2D eigenvalue weighted by Gasteiger charge is -2.49. The van der Waals surface area contributed by atoms with E-state index in [0.717, 1.165) is 6.42 Å². The molecule has 1 saturated heterocycles. The number of hydrogen-bond donors (Lipinski definition) is 2. The number of alkyl halides is 6. The minimum absolute atomic E-state index is 0.138. The quantitative estimate of drug-likeness (QED) is 0.477. The average Bonchev–Trinajstić information content (AvgIpc) is 2.30. The fourth-order valence-electron chi connectivity index (χ4n) is 3.39. The molecule has 21 heavy (non-hydrogen) atoms. The molecule has 0 bridgehead atoms. The highest BCUT2D eigenvalue weighted by Crippen LogP contribution is 2.49. The number of hydrogen-bond acceptors (Lipinski definition) is 3. The summed E-state index contributed by atoms with van der Waals surface area (Å²) in [6.45, 7) is 0.172. The van der Waals surface area contributed by atoms with E-state index in [1.165, 1.54) is 0 Å². The van der Waals surface area contributed by atoms with Gasteiger partial charge in [0, 0.05) is 12.6 Å². The van der Waals surface area contributed by atoms with Crippen molar-refractivity contribution in [2.75, 3.05) is 6.61 Å². The van der Waals surface area contributed by atoms with Gasteiger partial charge in [-0.15, -0.1) is 0 Å². The van der Waals surface area contributed by atoms with Crippen LogP contribution in [0.2, 0.25) is 0 Å². The van der Waals surface area contributed by atoms with Crippen molar-refractivity contribution in [1.82, 2.24) is 5.43 Å². The van der Waals surface area contributed by atoms with E-state index in [2.05, 4.69) is 0 Å². The first-order valence-electron chi connectivity index (χ1n) is 6.83. The van der Waals surface area contributed by atoms with E-state index in [1.807, 2.05) is 0 Å². The molecular weight excluding hydrogens is 302 g/mol. The summed E-state index contributed by atoms with van der Waals surface area (Å²) in [7, 11) is 0. The van der Waals surface area contributed by atoms with Crippen molar-refractivity contribution in [2.24, 2.45) is 17.7 Å². The van der Waals surface area contributed by atoms with Crippen LogP contribution >= 0.6 is 0 Å². The summed E-state index contributed by atoms with van der Waals surface area (Å²) in [5, 5.41) is 0. The second-order valence-electron chi connectivity index (χ2n) is 5.89. The molecule has 0 radical (unpaired) electrons. The molecule has 2 unspecified atom stereocenters. The van der Waals surface area contributed by atoms with Gasteiger partial charge in [-0.3, -0.25) is 11.3 Å². The highest BCUT2D eigenvalue weighted by molar-refractivity contribution is 4.99. The van der Waals surface area contributed by atoms with Crippen LogP contribution in [-0.2, 0) is 4.74 Å². The SMILES string of the molecule is NNC(C1CCOC2(CCC2)C1)C(C(F)(F)F)C(F)(F)F. The molecule has 0 aromatic rings. The van der Waals surface area contributed by atoms with Crippen molar-refractivity contribution >= 4 is 0 Å². The summed E-state index contributed by atoms with van der Waals surface area (Å²) in [6.07, 6.45) is -8.20. The number of nitrogens with two attached hydrogens (primary N) is 1. The molecule has 2 rings (SSSR count). The second kappa shape index (κ2) is 5.58. The normalized spacial score (nSPS) is 27.7. The van der Waals surface area contributed by atoms with E-state index in [0.29, 0.717) is 12.8 Å². The molecule has 1 aliphatic carbocycles. The predicted octanol–water partition coefficient (Wildman–Crippen LogP) is 2.91. The van der Waals surface area contributed by atoms with Crippen molar-refractivity contribution in [1.29, 1.82) is 0 Å². The molecule has 0 aromatic heterocycles. The molecule has 1 spiro atoms. The van der Waals surface area contributed by atoms with Gasteiger partial charge in [-0.1, -0.05) is 0 Å². The van der Waals surface area contributed by atoms with Gasteiger partial charge < -0.3 is 4.74 Å². The van der Waals surface area contributed by atoms with Crippen molar-refractivity contribution in [3.8, 4) is 0 Å². The van der Waals surface area contributed by atoms with Crippen LogP contribution in [0.25, 0.3) is 0 Å². The van der Waals surface area contributed by atoms with Crippen molar-refractivity contribution in [2.45, 2.75) is 56.1 Å². The number of rotatable bonds is 3. The molecule has 0 amide bonds. The van der Waals surface area contributed by atoms with Gasteiger partial charge in [0.25, 0.3) is 0 Å². The molecule has 2 atom stereocenters. The molecule has 3 N–H and O–H groups in total. The first kappa shape index (κ1) is 16.8. The summed E-state index contributed by atoms with van der Waals surface area (Å²) in [6, 6.07) is -1.88. The molecule has 9 heteroatoms. The Morgan fingerprint density at radius 2 is 1.67 bits per heavy atom. The third-order valence-corrected chi connectivity index (χ3v) is 4.56. The maximum absolute atomic E-state index is 12.8. The van der Waals surface area contributed by atoms with Gasteiger partial charge in [0.2, 0.25) is 0 Å². The third kappa shape index (κ3) is 3.45. The molecule has 1 heterocycles. The lowest BCUT2D eigenvalue weighted by molar-refractivity contribution is -0.298. The van der Waals surface area contributed by atoms with Gasteiger partial charge >= 0.3 is 12.4 Å². The van der Waals surface area contributed by atoms with E-state index in [1.54, 1.807) is 5.43 Å². The Hall–Kier alpha value is -0.540. The predicted molar refractivity (Wildman–Crippen MR) is 62.0 cm³/mol. The van der Waals surface area contributed by atoms with Crippen LogP contribution in [0.1, 0.15) is 32.1 Å². The zero-order valence-corrected chi connectivity index (χ0v) is 11.2. The van der Waals surface area contributed by atoms with Gasteiger partial charge in [0.1, 0.15) is 0 Å². The Morgan fingerprint density at radius 1 is 1.10 bits per heavy atom. The van der Waals surface area contributed by atoms with E-state index < -0.39 is 35.8 Å². The van der Waals surface area contributed by atoms with Gasteiger partial charge in [-0.2, -0.15) is 26.3 Å². The molecule has 124 valence electrons. The first-order valence-corrected chi connectivity index (χ1v) is 6.83. The number of ether oxygens (including phenoxy) is 1. The Labute approximate surface area is 118 Å². The smallest absolute Gasteiger partial charge is 0.375 e. The summed E-state index contributed by atoms with van der Waals surface area (Å²) in [4.78, 5) is 0. The molecule has 0 aromatic carbocycles. The van der Waals surface area contributed by atoms with Crippen LogP contribution in [0.3, 0.4) is 0 Å². The molecule has 1 aliphatic heterocycles. The Kier molecular flexibility index (Phi) is 4.47. The summed E-state index contributed by atoms with van der Waals surface area (Å²) in [5.41, 5.74) is 1.23. The van der Waals surface area contributed by atoms with Crippen LogP contribution in [-0.4, -0.2) is 30.6 Å². The Balaban J connectivity index is 2.20.